The number of fused-ring (bicyclic) bond motifs is 1. The molecule has 1 aromatic rings. The standard InChI is InChI=1S/C12H15N/c1-8(2)10-4-3-9-5-6-12(13)11(9)7-10/h3-4,7-8,13H,5-6H2,1-2H3. The quantitative estimate of drug-likeness (QED) is 0.674. The van der Waals surface area contributed by atoms with E-state index in [9.17, 15) is 0 Å². The second-order valence-corrected chi connectivity index (χ2v) is 4.05. The number of nitrogens with one attached hydrogen (secondary N) is 1. The highest BCUT2D eigenvalue weighted by molar-refractivity contribution is 6.02. The van der Waals surface area contributed by atoms with Crippen molar-refractivity contribution < 1.29 is 0 Å². The van der Waals surface area contributed by atoms with Gasteiger partial charge in [0.25, 0.3) is 0 Å². The molecule has 0 aromatic heterocycles. The van der Waals surface area contributed by atoms with Crippen molar-refractivity contribution in [3.63, 3.8) is 0 Å². The van der Waals surface area contributed by atoms with E-state index in [4.69, 9.17) is 5.41 Å². The van der Waals surface area contributed by atoms with E-state index in [0.29, 0.717) is 5.92 Å². The monoisotopic (exact) mass is 173 g/mol. The van der Waals surface area contributed by atoms with Crippen molar-refractivity contribution in [1.82, 2.24) is 0 Å². The van der Waals surface area contributed by atoms with Gasteiger partial charge in [0.15, 0.2) is 0 Å². The molecule has 0 spiro atoms. The molecule has 0 radical (unpaired) electrons. The minimum atomic E-state index is 0.568. The topological polar surface area (TPSA) is 23.9 Å². The lowest BCUT2D eigenvalue weighted by Gasteiger charge is -2.07. The van der Waals surface area contributed by atoms with E-state index in [1.807, 2.05) is 0 Å². The van der Waals surface area contributed by atoms with Crippen LogP contribution in [-0.2, 0) is 6.42 Å². The van der Waals surface area contributed by atoms with Crippen LogP contribution in [0.2, 0.25) is 0 Å². The average Bonchev–Trinajstić information content (AvgIpc) is 2.47. The molecule has 0 bridgehead atoms. The Balaban J connectivity index is 2.48. The van der Waals surface area contributed by atoms with Crippen LogP contribution in [0.5, 0.6) is 0 Å². The summed E-state index contributed by atoms with van der Waals surface area (Å²) < 4.78 is 0. The predicted molar refractivity (Wildman–Crippen MR) is 55.7 cm³/mol. The third kappa shape index (κ3) is 1.39. The lowest BCUT2D eigenvalue weighted by Crippen LogP contribution is -1.94. The van der Waals surface area contributed by atoms with E-state index in [2.05, 4.69) is 32.0 Å². The van der Waals surface area contributed by atoms with Crippen LogP contribution in [0.1, 0.15) is 42.9 Å². The lowest BCUT2D eigenvalue weighted by atomic mass is 9.98. The summed E-state index contributed by atoms with van der Waals surface area (Å²) in [6.07, 6.45) is 1.99. The largest absolute Gasteiger partial charge is 0.305 e. The Labute approximate surface area is 79.3 Å². The second-order valence-electron chi connectivity index (χ2n) is 4.05. The lowest BCUT2D eigenvalue weighted by molar-refractivity contribution is 0.865. The van der Waals surface area contributed by atoms with Crippen molar-refractivity contribution in [2.24, 2.45) is 0 Å². The zero-order valence-corrected chi connectivity index (χ0v) is 8.22. The van der Waals surface area contributed by atoms with Crippen LogP contribution in [0, 0.1) is 5.41 Å². The summed E-state index contributed by atoms with van der Waals surface area (Å²) in [4.78, 5) is 0. The highest BCUT2D eigenvalue weighted by Crippen LogP contribution is 2.25. The number of aryl methyl sites for hydroxylation is 1. The number of rotatable bonds is 1. The van der Waals surface area contributed by atoms with Crippen LogP contribution in [0.4, 0.5) is 0 Å². The van der Waals surface area contributed by atoms with Gasteiger partial charge < -0.3 is 5.41 Å². The first-order valence-corrected chi connectivity index (χ1v) is 4.89. The summed E-state index contributed by atoms with van der Waals surface area (Å²) in [5.74, 6) is 0.568. The first-order valence-electron chi connectivity index (χ1n) is 4.89. The van der Waals surface area contributed by atoms with Crippen molar-refractivity contribution in [2.45, 2.75) is 32.6 Å². The van der Waals surface area contributed by atoms with Gasteiger partial charge in [-0.1, -0.05) is 26.0 Å². The molecular weight excluding hydrogens is 158 g/mol. The summed E-state index contributed by atoms with van der Waals surface area (Å²) in [5, 5.41) is 7.77. The summed E-state index contributed by atoms with van der Waals surface area (Å²) in [7, 11) is 0. The first kappa shape index (κ1) is 8.49. The van der Waals surface area contributed by atoms with Crippen LogP contribution in [0.25, 0.3) is 0 Å². The number of benzene rings is 1. The van der Waals surface area contributed by atoms with Gasteiger partial charge >= 0.3 is 0 Å². The zero-order valence-electron chi connectivity index (χ0n) is 8.22. The number of hydrogen-bond acceptors (Lipinski definition) is 1. The highest BCUT2D eigenvalue weighted by Gasteiger charge is 2.16. The van der Waals surface area contributed by atoms with Crippen LogP contribution in [-0.4, -0.2) is 5.71 Å². The fourth-order valence-corrected chi connectivity index (χ4v) is 1.85. The summed E-state index contributed by atoms with van der Waals surface area (Å²) in [6, 6.07) is 6.57. The molecule has 1 aliphatic rings. The third-order valence-corrected chi connectivity index (χ3v) is 2.77. The van der Waals surface area contributed by atoms with Gasteiger partial charge in [-0.25, -0.2) is 0 Å². The molecule has 0 amide bonds. The fraction of sp³-hybridized carbons (Fsp3) is 0.417. The van der Waals surface area contributed by atoms with Crippen LogP contribution in [0.15, 0.2) is 18.2 Å². The SMILES string of the molecule is CC(C)c1ccc2c(c1)C(=N)CC2. The maximum atomic E-state index is 7.77. The van der Waals surface area contributed by atoms with Crippen LogP contribution in [0.3, 0.4) is 0 Å². The van der Waals surface area contributed by atoms with Crippen LogP contribution >= 0.6 is 0 Å². The Morgan fingerprint density at radius 2 is 2.00 bits per heavy atom. The summed E-state index contributed by atoms with van der Waals surface area (Å²) in [6.45, 7) is 4.39. The Kier molecular flexibility index (Phi) is 1.95. The number of hydrogen-bond donors (Lipinski definition) is 1. The van der Waals surface area contributed by atoms with Gasteiger partial charge in [-0.05, 0) is 41.5 Å². The maximum Gasteiger partial charge on any atom is 0.0392 e. The molecule has 0 fully saturated rings. The minimum Gasteiger partial charge on any atom is -0.305 e. The highest BCUT2D eigenvalue weighted by atomic mass is 14.4. The molecule has 0 atom stereocenters. The molecule has 1 aliphatic carbocycles. The molecule has 1 aromatic carbocycles. The second kappa shape index (κ2) is 2.99. The maximum absolute atomic E-state index is 7.77. The van der Waals surface area contributed by atoms with E-state index in [1.54, 1.807) is 0 Å². The van der Waals surface area contributed by atoms with Gasteiger partial charge in [0.05, 0.1) is 0 Å². The fourth-order valence-electron chi connectivity index (χ4n) is 1.85. The molecule has 0 saturated heterocycles. The minimum absolute atomic E-state index is 0.568. The van der Waals surface area contributed by atoms with Gasteiger partial charge in [0.2, 0.25) is 0 Å². The predicted octanol–water partition coefficient (Wildman–Crippen LogP) is 3.12. The average molecular weight is 173 g/mol. The van der Waals surface area contributed by atoms with E-state index in [1.165, 1.54) is 16.7 Å². The Morgan fingerprint density at radius 1 is 1.23 bits per heavy atom. The molecule has 2 rings (SSSR count). The molecule has 0 saturated carbocycles. The van der Waals surface area contributed by atoms with Gasteiger partial charge in [-0.2, -0.15) is 0 Å². The van der Waals surface area contributed by atoms with E-state index in [0.717, 1.165) is 18.6 Å². The van der Waals surface area contributed by atoms with Gasteiger partial charge in [0.1, 0.15) is 0 Å². The van der Waals surface area contributed by atoms with E-state index in [-0.39, 0.29) is 0 Å². The summed E-state index contributed by atoms with van der Waals surface area (Å²) in [5.41, 5.74) is 4.71. The Bertz CT molecular complexity index is 350. The van der Waals surface area contributed by atoms with E-state index >= 15 is 0 Å². The van der Waals surface area contributed by atoms with Crippen LogP contribution < -0.4 is 0 Å². The summed E-state index contributed by atoms with van der Waals surface area (Å²) >= 11 is 0. The first-order chi connectivity index (χ1) is 6.18. The smallest absolute Gasteiger partial charge is 0.0392 e. The molecule has 1 heteroatoms. The molecule has 1 N–H and O–H groups in total. The van der Waals surface area contributed by atoms with Crippen molar-refractivity contribution in [3.8, 4) is 0 Å². The third-order valence-electron chi connectivity index (χ3n) is 2.77. The van der Waals surface area contributed by atoms with Crippen molar-refractivity contribution in [3.05, 3.63) is 34.9 Å². The molecule has 13 heavy (non-hydrogen) atoms. The Morgan fingerprint density at radius 3 is 2.69 bits per heavy atom. The van der Waals surface area contributed by atoms with E-state index < -0.39 is 0 Å². The zero-order chi connectivity index (χ0) is 9.42. The van der Waals surface area contributed by atoms with Gasteiger partial charge in [-0.3, -0.25) is 0 Å². The van der Waals surface area contributed by atoms with Crippen molar-refractivity contribution in [1.29, 1.82) is 5.41 Å². The van der Waals surface area contributed by atoms with Crippen molar-refractivity contribution in [2.75, 3.05) is 0 Å². The molecule has 0 heterocycles. The molecule has 0 aliphatic heterocycles. The Hall–Kier alpha value is -1.11. The molecule has 1 nitrogen and oxygen atoms in total. The van der Waals surface area contributed by atoms with Crippen molar-refractivity contribution >= 4 is 5.71 Å². The van der Waals surface area contributed by atoms with Gasteiger partial charge in [0, 0.05) is 5.71 Å². The molecule has 68 valence electrons. The van der Waals surface area contributed by atoms with Gasteiger partial charge in [-0.15, -0.1) is 0 Å². The molecule has 0 unspecified atom stereocenters. The normalized spacial score (nSPS) is 15.2. The molecular formula is C12H15N.